The van der Waals surface area contributed by atoms with E-state index < -0.39 is 0 Å². The number of ether oxygens (including phenoxy) is 2. The van der Waals surface area contributed by atoms with Crippen molar-refractivity contribution in [1.29, 1.82) is 0 Å². The Bertz CT molecular complexity index is 489. The van der Waals surface area contributed by atoms with Crippen LogP contribution in [0.4, 0.5) is 0 Å². The molecular weight excluding hydrogens is 304 g/mol. The van der Waals surface area contributed by atoms with Crippen LogP contribution in [0.3, 0.4) is 0 Å². The third-order valence-electron chi connectivity index (χ3n) is 7.91. The number of nitrogens with zero attached hydrogens (tertiary/aromatic N) is 1. The van der Waals surface area contributed by atoms with Gasteiger partial charge in [-0.1, -0.05) is 20.8 Å². The van der Waals surface area contributed by atoms with E-state index in [4.69, 9.17) is 15.2 Å². The number of nitrogens with two attached hydrogens (primary N) is 1. The molecule has 3 fully saturated rings. The molecule has 0 unspecified atom stereocenters. The lowest BCUT2D eigenvalue weighted by Gasteiger charge is -2.58. The van der Waals surface area contributed by atoms with Gasteiger partial charge in [-0.15, -0.1) is 0 Å². The van der Waals surface area contributed by atoms with E-state index >= 15 is 0 Å². The summed E-state index contributed by atoms with van der Waals surface area (Å²) in [6.45, 7) is 13.1. The molecule has 3 rings (SSSR count). The van der Waals surface area contributed by atoms with E-state index in [1.165, 1.54) is 6.42 Å². The molecule has 0 radical (unpaired) electrons. The Labute approximate surface area is 146 Å². The molecule has 4 atom stereocenters. The minimum Gasteiger partial charge on any atom is -0.466 e. The third kappa shape index (κ3) is 2.20. The molecule has 0 amide bonds. The van der Waals surface area contributed by atoms with Crippen molar-refractivity contribution in [2.45, 2.75) is 52.5 Å². The normalized spacial score (nSPS) is 39.8. The maximum atomic E-state index is 12.9. The summed E-state index contributed by atoms with van der Waals surface area (Å²) in [7, 11) is 0. The van der Waals surface area contributed by atoms with Gasteiger partial charge in [0.2, 0.25) is 0 Å². The minimum absolute atomic E-state index is 0.0683. The third-order valence-corrected chi connectivity index (χ3v) is 7.91. The van der Waals surface area contributed by atoms with Gasteiger partial charge in [-0.2, -0.15) is 0 Å². The van der Waals surface area contributed by atoms with E-state index in [-0.39, 0.29) is 28.3 Å². The molecule has 0 aromatic rings. The molecular formula is C19H34N2O3. The van der Waals surface area contributed by atoms with Crippen molar-refractivity contribution in [3.8, 4) is 0 Å². The van der Waals surface area contributed by atoms with Crippen LogP contribution in [0.15, 0.2) is 0 Å². The van der Waals surface area contributed by atoms with Crippen LogP contribution in [0.25, 0.3) is 0 Å². The van der Waals surface area contributed by atoms with Gasteiger partial charge in [0.05, 0.1) is 25.7 Å². The van der Waals surface area contributed by atoms with Crippen LogP contribution < -0.4 is 5.73 Å². The predicted octanol–water partition coefficient (Wildman–Crippen LogP) is 2.04. The molecule has 2 N–H and O–H groups in total. The number of carbonyl (C=O) groups excluding carboxylic acids is 1. The zero-order valence-electron chi connectivity index (χ0n) is 15.8. The quantitative estimate of drug-likeness (QED) is 0.777. The van der Waals surface area contributed by atoms with Crippen molar-refractivity contribution < 1.29 is 14.3 Å². The van der Waals surface area contributed by atoms with E-state index in [0.717, 1.165) is 39.1 Å². The van der Waals surface area contributed by atoms with Crippen molar-refractivity contribution in [2.75, 3.05) is 39.5 Å². The number of fused-ring (bicyclic) bond motifs is 2. The molecule has 1 aliphatic heterocycles. The zero-order valence-corrected chi connectivity index (χ0v) is 15.8. The highest BCUT2D eigenvalue weighted by molar-refractivity contribution is 5.75. The molecule has 5 nitrogen and oxygen atoms in total. The lowest BCUT2D eigenvalue weighted by molar-refractivity contribution is -0.168. The predicted molar refractivity (Wildman–Crippen MR) is 93.5 cm³/mol. The van der Waals surface area contributed by atoms with Gasteiger partial charge in [-0.3, -0.25) is 9.69 Å². The Kier molecular flexibility index (Phi) is 4.73. The number of hydrogen-bond acceptors (Lipinski definition) is 5. The largest absolute Gasteiger partial charge is 0.466 e. The van der Waals surface area contributed by atoms with Gasteiger partial charge < -0.3 is 15.2 Å². The Hall–Kier alpha value is -0.650. The van der Waals surface area contributed by atoms with Crippen molar-refractivity contribution in [3.63, 3.8) is 0 Å². The number of hydrogen-bond donors (Lipinski definition) is 1. The Morgan fingerprint density at radius 2 is 2.00 bits per heavy atom. The summed E-state index contributed by atoms with van der Waals surface area (Å²) >= 11 is 0. The van der Waals surface area contributed by atoms with Crippen LogP contribution in [-0.2, 0) is 14.3 Å². The summed E-state index contributed by atoms with van der Waals surface area (Å²) in [6.07, 6.45) is 3.48. The second-order valence-electron chi connectivity index (χ2n) is 8.56. The van der Waals surface area contributed by atoms with E-state index in [2.05, 4.69) is 25.7 Å². The van der Waals surface area contributed by atoms with Gasteiger partial charge in [-0.05, 0) is 42.9 Å². The van der Waals surface area contributed by atoms with Gasteiger partial charge >= 0.3 is 5.97 Å². The molecule has 1 saturated heterocycles. The van der Waals surface area contributed by atoms with E-state index in [1.54, 1.807) is 0 Å². The second kappa shape index (κ2) is 6.26. The number of esters is 1. The SMILES string of the molecule is CCOC(=O)[C@H](CN)[C@@]1(N2CCOCC2)C[C@@H]2CC[C@]1(C)C2(C)C. The lowest BCUT2D eigenvalue weighted by atomic mass is 9.57. The fourth-order valence-electron chi connectivity index (χ4n) is 6.25. The lowest BCUT2D eigenvalue weighted by Crippen LogP contribution is -2.68. The standard InChI is InChI=1S/C19H34N2O3/c1-5-24-16(22)15(13-20)19(21-8-10-23-11-9-21)12-14-6-7-18(19,4)17(14,2)3/h14-15H,5-13,20H2,1-4H3/t14-,15-,18+,19-/m0/s1. The maximum Gasteiger partial charge on any atom is 0.312 e. The molecule has 1 heterocycles. The first-order valence-corrected chi connectivity index (χ1v) is 9.54. The van der Waals surface area contributed by atoms with E-state index in [9.17, 15) is 4.79 Å². The van der Waals surface area contributed by atoms with Gasteiger partial charge in [0.15, 0.2) is 0 Å². The molecule has 0 aromatic carbocycles. The Morgan fingerprint density at radius 3 is 2.46 bits per heavy atom. The van der Waals surface area contributed by atoms with Gasteiger partial charge in [-0.25, -0.2) is 0 Å². The van der Waals surface area contributed by atoms with Crippen molar-refractivity contribution >= 4 is 5.97 Å². The van der Waals surface area contributed by atoms with Crippen molar-refractivity contribution in [3.05, 3.63) is 0 Å². The second-order valence-corrected chi connectivity index (χ2v) is 8.56. The highest BCUT2D eigenvalue weighted by Gasteiger charge is 2.73. The Morgan fingerprint density at radius 1 is 1.33 bits per heavy atom. The fraction of sp³-hybridized carbons (Fsp3) is 0.947. The summed E-state index contributed by atoms with van der Waals surface area (Å²) in [5.41, 5.74) is 6.27. The molecule has 3 aliphatic rings. The molecule has 0 spiro atoms. The summed E-state index contributed by atoms with van der Waals surface area (Å²) in [4.78, 5) is 15.4. The summed E-state index contributed by atoms with van der Waals surface area (Å²) < 4.78 is 11.1. The first-order chi connectivity index (χ1) is 11.3. The van der Waals surface area contributed by atoms with Crippen molar-refractivity contribution in [2.24, 2.45) is 28.4 Å². The molecule has 2 aliphatic carbocycles. The van der Waals surface area contributed by atoms with Crippen LogP contribution >= 0.6 is 0 Å². The average Bonchev–Trinajstić information content (AvgIpc) is 2.89. The monoisotopic (exact) mass is 338 g/mol. The van der Waals surface area contributed by atoms with E-state index in [0.29, 0.717) is 19.1 Å². The average molecular weight is 338 g/mol. The highest BCUT2D eigenvalue weighted by Crippen LogP contribution is 2.72. The zero-order chi connectivity index (χ0) is 17.6. The summed E-state index contributed by atoms with van der Waals surface area (Å²) in [6, 6.07) is 0. The minimum atomic E-state index is -0.259. The number of rotatable bonds is 5. The molecule has 2 bridgehead atoms. The number of carbonyl (C=O) groups is 1. The van der Waals surface area contributed by atoms with Gasteiger partial charge in [0.1, 0.15) is 0 Å². The summed E-state index contributed by atoms with van der Waals surface area (Å²) in [5, 5.41) is 0. The smallest absolute Gasteiger partial charge is 0.312 e. The van der Waals surface area contributed by atoms with Gasteiger partial charge in [0, 0.05) is 25.2 Å². The molecule has 0 aromatic heterocycles. The van der Waals surface area contributed by atoms with Crippen molar-refractivity contribution in [1.82, 2.24) is 4.90 Å². The highest BCUT2D eigenvalue weighted by atomic mass is 16.5. The van der Waals surface area contributed by atoms with E-state index in [1.807, 2.05) is 6.92 Å². The molecule has 2 saturated carbocycles. The molecule has 138 valence electrons. The molecule has 5 heteroatoms. The van der Waals surface area contributed by atoms with Crippen LogP contribution in [-0.4, -0.2) is 55.9 Å². The first-order valence-electron chi connectivity index (χ1n) is 9.54. The van der Waals surface area contributed by atoms with Crippen LogP contribution in [0.2, 0.25) is 0 Å². The van der Waals surface area contributed by atoms with Gasteiger partial charge in [0.25, 0.3) is 0 Å². The number of morpholine rings is 1. The van der Waals surface area contributed by atoms with Crippen LogP contribution in [0, 0.1) is 22.7 Å². The Balaban J connectivity index is 2.07. The first kappa shape index (κ1) is 18.2. The van der Waals surface area contributed by atoms with Crippen LogP contribution in [0.5, 0.6) is 0 Å². The molecule has 24 heavy (non-hydrogen) atoms. The fourth-order valence-corrected chi connectivity index (χ4v) is 6.25. The summed E-state index contributed by atoms with van der Waals surface area (Å²) in [5.74, 6) is 0.273. The topological polar surface area (TPSA) is 64.8 Å². The van der Waals surface area contributed by atoms with Crippen LogP contribution in [0.1, 0.15) is 47.0 Å². The maximum absolute atomic E-state index is 12.9.